The van der Waals surface area contributed by atoms with Gasteiger partial charge < -0.3 is 5.32 Å². The molecule has 0 radical (unpaired) electrons. The summed E-state index contributed by atoms with van der Waals surface area (Å²) in [5.41, 5.74) is 0.567. The second-order valence-electron chi connectivity index (χ2n) is 3.01. The smallest absolute Gasteiger partial charge is 0.00404 e. The zero-order chi connectivity index (χ0) is 6.74. The van der Waals surface area contributed by atoms with Crippen molar-refractivity contribution in [2.45, 2.75) is 19.8 Å². The Balaban J connectivity index is 2.28. The molecule has 0 atom stereocenters. The molecule has 0 amide bonds. The first-order valence-electron chi connectivity index (χ1n) is 3.64. The van der Waals surface area contributed by atoms with Crippen LogP contribution in [0.4, 0.5) is 0 Å². The lowest BCUT2D eigenvalue weighted by atomic mass is 9.80. The number of rotatable bonds is 3. The van der Waals surface area contributed by atoms with Gasteiger partial charge >= 0.3 is 0 Å². The van der Waals surface area contributed by atoms with Crippen LogP contribution in [0.1, 0.15) is 19.8 Å². The van der Waals surface area contributed by atoms with Gasteiger partial charge in [-0.25, -0.2) is 0 Å². The molecule has 1 N–H and O–H groups in total. The molecule has 0 aliphatic carbocycles. The summed E-state index contributed by atoms with van der Waals surface area (Å²) in [6.07, 6.45) is 2.63. The van der Waals surface area contributed by atoms with Crippen LogP contribution in [0.2, 0.25) is 0 Å². The minimum atomic E-state index is 0.567. The van der Waals surface area contributed by atoms with Gasteiger partial charge in [0.1, 0.15) is 0 Å². The monoisotopic (exact) mass is 145 g/mol. The van der Waals surface area contributed by atoms with Crippen LogP contribution in [0.15, 0.2) is 0 Å². The molecule has 1 nitrogen and oxygen atoms in total. The van der Waals surface area contributed by atoms with Gasteiger partial charge in [0.25, 0.3) is 0 Å². The van der Waals surface area contributed by atoms with Crippen LogP contribution >= 0.6 is 12.6 Å². The van der Waals surface area contributed by atoms with Gasteiger partial charge in [-0.15, -0.1) is 0 Å². The maximum atomic E-state index is 4.33. The van der Waals surface area contributed by atoms with Crippen LogP contribution in [0.3, 0.4) is 0 Å². The van der Waals surface area contributed by atoms with Gasteiger partial charge in [0.2, 0.25) is 0 Å². The number of nitrogens with one attached hydrogen (secondary N) is 1. The van der Waals surface area contributed by atoms with E-state index >= 15 is 0 Å². The van der Waals surface area contributed by atoms with E-state index in [4.69, 9.17) is 0 Å². The highest BCUT2D eigenvalue weighted by Gasteiger charge is 2.33. The van der Waals surface area contributed by atoms with Crippen molar-refractivity contribution in [2.75, 3.05) is 18.8 Å². The Labute approximate surface area is 62.6 Å². The molecule has 1 rings (SSSR count). The van der Waals surface area contributed by atoms with Crippen LogP contribution in [0.25, 0.3) is 0 Å². The summed E-state index contributed by atoms with van der Waals surface area (Å²) >= 11 is 4.33. The zero-order valence-corrected chi connectivity index (χ0v) is 6.88. The Hall–Kier alpha value is 0.310. The molecule has 0 unspecified atom stereocenters. The average Bonchev–Trinajstić information content (AvgIpc) is 1.79. The molecule has 54 valence electrons. The van der Waals surface area contributed by atoms with E-state index < -0.39 is 0 Å². The average molecular weight is 145 g/mol. The number of hydrogen-bond donors (Lipinski definition) is 2. The highest BCUT2D eigenvalue weighted by molar-refractivity contribution is 7.80. The van der Waals surface area contributed by atoms with E-state index in [0.29, 0.717) is 5.41 Å². The van der Waals surface area contributed by atoms with Crippen molar-refractivity contribution in [1.29, 1.82) is 0 Å². The summed E-state index contributed by atoms with van der Waals surface area (Å²) in [5.74, 6) is 1.05. The second kappa shape index (κ2) is 2.93. The van der Waals surface area contributed by atoms with Gasteiger partial charge in [0.05, 0.1) is 0 Å². The van der Waals surface area contributed by atoms with Gasteiger partial charge in [0, 0.05) is 18.5 Å². The van der Waals surface area contributed by atoms with Crippen molar-refractivity contribution < 1.29 is 0 Å². The summed E-state index contributed by atoms with van der Waals surface area (Å²) in [4.78, 5) is 0. The molecule has 0 saturated carbocycles. The van der Waals surface area contributed by atoms with Crippen molar-refractivity contribution >= 4 is 12.6 Å². The van der Waals surface area contributed by atoms with Crippen LogP contribution in [-0.4, -0.2) is 18.8 Å². The third-order valence-corrected chi connectivity index (χ3v) is 2.79. The standard InChI is InChI=1S/C7H15NS/c1-2-3-7(6-9)4-8-5-7/h8-9H,2-6H2,1H3. The van der Waals surface area contributed by atoms with Gasteiger partial charge in [-0.1, -0.05) is 13.3 Å². The van der Waals surface area contributed by atoms with Crippen LogP contribution in [0.5, 0.6) is 0 Å². The highest BCUT2D eigenvalue weighted by atomic mass is 32.1. The summed E-state index contributed by atoms with van der Waals surface area (Å²) in [7, 11) is 0. The first-order valence-corrected chi connectivity index (χ1v) is 4.28. The van der Waals surface area contributed by atoms with Crippen LogP contribution in [-0.2, 0) is 0 Å². The molecule has 0 spiro atoms. The van der Waals surface area contributed by atoms with Crippen molar-refractivity contribution in [3.8, 4) is 0 Å². The van der Waals surface area contributed by atoms with Crippen molar-refractivity contribution in [2.24, 2.45) is 5.41 Å². The van der Waals surface area contributed by atoms with E-state index in [2.05, 4.69) is 24.9 Å². The lowest BCUT2D eigenvalue weighted by molar-refractivity contribution is 0.185. The molecular weight excluding hydrogens is 130 g/mol. The minimum absolute atomic E-state index is 0.567. The maximum absolute atomic E-state index is 4.33. The fourth-order valence-corrected chi connectivity index (χ4v) is 1.76. The Kier molecular flexibility index (Phi) is 2.42. The lowest BCUT2D eigenvalue weighted by Gasteiger charge is -2.41. The summed E-state index contributed by atoms with van der Waals surface area (Å²) in [5, 5.41) is 3.29. The van der Waals surface area contributed by atoms with Crippen LogP contribution < -0.4 is 5.32 Å². The van der Waals surface area contributed by atoms with Crippen molar-refractivity contribution in [3.05, 3.63) is 0 Å². The Bertz CT molecular complexity index is 83.4. The molecule has 1 aliphatic heterocycles. The fraction of sp³-hybridized carbons (Fsp3) is 1.00. The highest BCUT2D eigenvalue weighted by Crippen LogP contribution is 2.29. The summed E-state index contributed by atoms with van der Waals surface area (Å²) in [6, 6.07) is 0. The molecular formula is C7H15NS. The van der Waals surface area contributed by atoms with E-state index in [-0.39, 0.29) is 0 Å². The van der Waals surface area contributed by atoms with E-state index in [9.17, 15) is 0 Å². The molecule has 1 aliphatic rings. The van der Waals surface area contributed by atoms with E-state index in [1.807, 2.05) is 0 Å². The molecule has 0 aromatic rings. The zero-order valence-electron chi connectivity index (χ0n) is 5.98. The van der Waals surface area contributed by atoms with Gasteiger partial charge in [-0.05, 0) is 12.2 Å². The molecule has 0 aromatic carbocycles. The fourth-order valence-electron chi connectivity index (χ4n) is 1.38. The molecule has 0 aromatic heterocycles. The maximum Gasteiger partial charge on any atom is 0.00404 e. The molecule has 2 heteroatoms. The molecule has 0 bridgehead atoms. The predicted molar refractivity (Wildman–Crippen MR) is 44.1 cm³/mol. The Morgan fingerprint density at radius 1 is 1.56 bits per heavy atom. The SMILES string of the molecule is CCCC1(CS)CNC1. The second-order valence-corrected chi connectivity index (χ2v) is 3.33. The molecule has 1 heterocycles. The Morgan fingerprint density at radius 2 is 2.22 bits per heavy atom. The van der Waals surface area contributed by atoms with E-state index in [1.165, 1.54) is 25.9 Å². The summed E-state index contributed by atoms with van der Waals surface area (Å²) < 4.78 is 0. The largest absolute Gasteiger partial charge is 0.315 e. The predicted octanol–water partition coefficient (Wildman–Crippen LogP) is 1.31. The van der Waals surface area contributed by atoms with Crippen molar-refractivity contribution in [3.63, 3.8) is 0 Å². The molecule has 1 saturated heterocycles. The third-order valence-electron chi connectivity index (χ3n) is 2.12. The van der Waals surface area contributed by atoms with Crippen molar-refractivity contribution in [1.82, 2.24) is 5.32 Å². The quantitative estimate of drug-likeness (QED) is 0.571. The third kappa shape index (κ3) is 1.41. The van der Waals surface area contributed by atoms with Gasteiger partial charge in [0.15, 0.2) is 0 Å². The van der Waals surface area contributed by atoms with E-state index in [0.717, 1.165) is 5.75 Å². The molecule has 1 fully saturated rings. The summed E-state index contributed by atoms with van der Waals surface area (Å²) in [6.45, 7) is 4.61. The van der Waals surface area contributed by atoms with E-state index in [1.54, 1.807) is 0 Å². The minimum Gasteiger partial charge on any atom is -0.315 e. The Morgan fingerprint density at radius 3 is 2.33 bits per heavy atom. The first-order chi connectivity index (χ1) is 4.33. The van der Waals surface area contributed by atoms with Gasteiger partial charge in [-0.3, -0.25) is 0 Å². The topological polar surface area (TPSA) is 12.0 Å². The number of hydrogen-bond acceptors (Lipinski definition) is 2. The number of thiol groups is 1. The van der Waals surface area contributed by atoms with Crippen LogP contribution in [0, 0.1) is 5.41 Å². The lowest BCUT2D eigenvalue weighted by Crippen LogP contribution is -2.54. The first kappa shape index (κ1) is 7.42. The van der Waals surface area contributed by atoms with Gasteiger partial charge in [-0.2, -0.15) is 12.6 Å². The normalized spacial score (nSPS) is 23.3. The molecule has 9 heavy (non-hydrogen) atoms.